The van der Waals surface area contributed by atoms with Crippen LogP contribution in [0.1, 0.15) is 21.5 Å². The molecule has 1 aromatic heterocycles. The van der Waals surface area contributed by atoms with Gasteiger partial charge in [0.05, 0.1) is 0 Å². The van der Waals surface area contributed by atoms with Gasteiger partial charge in [0.2, 0.25) is 0 Å². The lowest BCUT2D eigenvalue weighted by Crippen LogP contribution is -2.22. The monoisotopic (exact) mass is 324 g/mol. The van der Waals surface area contributed by atoms with Crippen LogP contribution in [-0.2, 0) is 0 Å². The summed E-state index contributed by atoms with van der Waals surface area (Å²) in [6.45, 7) is 3.87. The van der Waals surface area contributed by atoms with E-state index >= 15 is 0 Å². The number of nitrogens with one attached hydrogen (secondary N) is 1. The van der Waals surface area contributed by atoms with Crippen molar-refractivity contribution in [1.82, 2.24) is 0 Å². The molecule has 1 amide bonds. The van der Waals surface area contributed by atoms with E-state index in [0.29, 0.717) is 16.7 Å². The van der Waals surface area contributed by atoms with Gasteiger partial charge in [0.25, 0.3) is 11.5 Å². The van der Waals surface area contributed by atoms with E-state index < -0.39 is 5.91 Å². The van der Waals surface area contributed by atoms with Gasteiger partial charge in [0.15, 0.2) is 0 Å². The van der Waals surface area contributed by atoms with Gasteiger partial charge in [-0.15, -0.1) is 0 Å². The molecule has 0 aliphatic carbocycles. The molecule has 0 saturated heterocycles. The number of phenols is 1. The Bertz CT molecular complexity index is 1010. The third kappa shape index (κ3) is 2.81. The summed E-state index contributed by atoms with van der Waals surface area (Å²) in [7, 11) is 0. The topological polar surface area (TPSA) is 95.1 Å². The smallest absolute Gasteiger partial charge is 0.268 e. The highest BCUT2D eigenvalue weighted by Gasteiger charge is 2.14. The fraction of sp³-hybridized carbons (Fsp3) is 0.111. The summed E-state index contributed by atoms with van der Waals surface area (Å²) >= 11 is 0. The van der Waals surface area contributed by atoms with E-state index in [9.17, 15) is 9.90 Å². The maximum absolute atomic E-state index is 12.6. The molecule has 0 atom stereocenters. The fourth-order valence-corrected chi connectivity index (χ4v) is 2.42. The molecule has 0 fully saturated rings. The number of aromatic hydroxyl groups is 1. The van der Waals surface area contributed by atoms with E-state index in [-0.39, 0.29) is 16.9 Å². The summed E-state index contributed by atoms with van der Waals surface area (Å²) in [4.78, 5) is 12.6. The average molecular weight is 324 g/mol. The van der Waals surface area contributed by atoms with Crippen LogP contribution >= 0.6 is 0 Å². The molecule has 6 nitrogen and oxygen atoms in total. The summed E-state index contributed by atoms with van der Waals surface area (Å²) < 4.78 is 5.40. The van der Waals surface area contributed by atoms with Crippen LogP contribution in [0, 0.1) is 13.8 Å². The molecule has 6 heteroatoms. The second kappa shape index (κ2) is 6.08. The number of carbonyl (C=O) groups is 1. The van der Waals surface area contributed by atoms with Gasteiger partial charge in [-0.2, -0.15) is 0 Å². The van der Waals surface area contributed by atoms with Crippen molar-refractivity contribution < 1.29 is 19.5 Å². The van der Waals surface area contributed by atoms with E-state index in [0.717, 1.165) is 11.1 Å². The van der Waals surface area contributed by atoms with Gasteiger partial charge in [0, 0.05) is 17.1 Å². The molecule has 0 unspecified atom stereocenters. The molecule has 0 aliphatic rings. The zero-order chi connectivity index (χ0) is 17.3. The Morgan fingerprint density at radius 1 is 1.17 bits per heavy atom. The first kappa shape index (κ1) is 15.6. The van der Waals surface area contributed by atoms with Crippen molar-refractivity contribution in [3.8, 4) is 5.75 Å². The SMILES string of the molecule is Cc1cccc(NC(=O)c2cc3ccc(O)cc3o/c2=N/O)c1C. The van der Waals surface area contributed by atoms with Crippen molar-refractivity contribution in [2.24, 2.45) is 5.16 Å². The lowest BCUT2D eigenvalue weighted by molar-refractivity contribution is 0.102. The summed E-state index contributed by atoms with van der Waals surface area (Å²) in [5, 5.41) is 25.1. The first-order valence-corrected chi connectivity index (χ1v) is 7.32. The van der Waals surface area contributed by atoms with Crippen LogP contribution in [0.2, 0.25) is 0 Å². The highest BCUT2D eigenvalue weighted by molar-refractivity contribution is 6.05. The quantitative estimate of drug-likeness (QED) is 0.498. The lowest BCUT2D eigenvalue weighted by atomic mass is 10.1. The van der Waals surface area contributed by atoms with Gasteiger partial charge in [-0.3, -0.25) is 4.79 Å². The molecule has 0 spiro atoms. The number of rotatable bonds is 2. The van der Waals surface area contributed by atoms with Crippen LogP contribution in [0.3, 0.4) is 0 Å². The van der Waals surface area contributed by atoms with Crippen LogP contribution in [-0.4, -0.2) is 16.2 Å². The van der Waals surface area contributed by atoms with Gasteiger partial charge in [-0.1, -0.05) is 12.1 Å². The van der Waals surface area contributed by atoms with E-state index in [4.69, 9.17) is 9.62 Å². The number of anilines is 1. The summed E-state index contributed by atoms with van der Waals surface area (Å²) in [5.41, 5.74) is 2.86. The van der Waals surface area contributed by atoms with Gasteiger partial charge >= 0.3 is 0 Å². The summed E-state index contributed by atoms with van der Waals surface area (Å²) in [6, 6.07) is 11.6. The Morgan fingerprint density at radius 2 is 1.96 bits per heavy atom. The standard InChI is InChI=1S/C18H16N2O4/c1-10-4-3-5-15(11(10)2)19-17(22)14-8-12-6-7-13(21)9-16(12)24-18(14)20-23/h3-9,21,23H,1-2H3,(H,19,22)/b20-18+. The van der Waals surface area contributed by atoms with Crippen molar-refractivity contribution >= 4 is 22.6 Å². The van der Waals surface area contributed by atoms with Crippen molar-refractivity contribution in [3.63, 3.8) is 0 Å². The van der Waals surface area contributed by atoms with Gasteiger partial charge in [-0.05, 0) is 54.4 Å². The number of hydrogen-bond acceptors (Lipinski definition) is 5. The molecule has 3 rings (SSSR count). The summed E-state index contributed by atoms with van der Waals surface area (Å²) in [5.74, 6) is -0.432. The van der Waals surface area contributed by atoms with Crippen molar-refractivity contribution in [2.75, 3.05) is 5.32 Å². The largest absolute Gasteiger partial charge is 0.508 e. The predicted octanol–water partition coefficient (Wildman–Crippen LogP) is 3.30. The maximum atomic E-state index is 12.6. The van der Waals surface area contributed by atoms with E-state index in [2.05, 4.69) is 10.5 Å². The van der Waals surface area contributed by atoms with Crippen LogP contribution in [0.25, 0.3) is 11.0 Å². The maximum Gasteiger partial charge on any atom is 0.268 e. The molecule has 0 aliphatic heterocycles. The van der Waals surface area contributed by atoms with Gasteiger partial charge < -0.3 is 20.0 Å². The molecular weight excluding hydrogens is 308 g/mol. The minimum Gasteiger partial charge on any atom is -0.508 e. The number of nitrogens with zero attached hydrogens (tertiary/aromatic N) is 1. The normalized spacial score (nSPS) is 11.7. The van der Waals surface area contributed by atoms with Gasteiger partial charge in [0.1, 0.15) is 16.9 Å². The zero-order valence-corrected chi connectivity index (χ0v) is 13.2. The highest BCUT2D eigenvalue weighted by atomic mass is 16.5. The molecule has 122 valence electrons. The van der Waals surface area contributed by atoms with Crippen LogP contribution < -0.4 is 10.9 Å². The Labute approximate surface area is 137 Å². The van der Waals surface area contributed by atoms with E-state index in [1.807, 2.05) is 26.0 Å². The lowest BCUT2D eigenvalue weighted by Gasteiger charge is -2.10. The number of carbonyl (C=O) groups excluding carboxylic acids is 1. The molecule has 0 bridgehead atoms. The van der Waals surface area contributed by atoms with Crippen molar-refractivity contribution in [3.05, 3.63) is 64.7 Å². The Balaban J connectivity index is 2.06. The number of hydrogen-bond donors (Lipinski definition) is 3. The number of benzene rings is 2. The summed E-state index contributed by atoms with van der Waals surface area (Å²) in [6.07, 6.45) is 0. The highest BCUT2D eigenvalue weighted by Crippen LogP contribution is 2.21. The fourth-order valence-electron chi connectivity index (χ4n) is 2.42. The second-order valence-electron chi connectivity index (χ2n) is 5.49. The second-order valence-corrected chi connectivity index (χ2v) is 5.49. The third-order valence-electron chi connectivity index (χ3n) is 3.92. The number of phenolic OH excluding ortho intramolecular Hbond substituents is 1. The first-order chi connectivity index (χ1) is 11.5. The molecule has 24 heavy (non-hydrogen) atoms. The number of fused-ring (bicyclic) bond motifs is 1. The number of aryl methyl sites for hydroxylation is 1. The van der Waals surface area contributed by atoms with Crippen LogP contribution in [0.5, 0.6) is 5.75 Å². The van der Waals surface area contributed by atoms with Gasteiger partial charge in [-0.25, -0.2) is 0 Å². The van der Waals surface area contributed by atoms with E-state index in [1.165, 1.54) is 12.1 Å². The van der Waals surface area contributed by atoms with E-state index in [1.54, 1.807) is 18.2 Å². The van der Waals surface area contributed by atoms with Crippen LogP contribution in [0.15, 0.2) is 52.0 Å². The minimum atomic E-state index is -0.449. The molecule has 0 saturated carbocycles. The average Bonchev–Trinajstić information content (AvgIpc) is 2.57. The van der Waals surface area contributed by atoms with Crippen LogP contribution in [0.4, 0.5) is 5.69 Å². The molecule has 2 aromatic carbocycles. The first-order valence-electron chi connectivity index (χ1n) is 7.32. The zero-order valence-electron chi connectivity index (χ0n) is 13.2. The molecule has 3 aromatic rings. The van der Waals surface area contributed by atoms with Crippen molar-refractivity contribution in [2.45, 2.75) is 13.8 Å². The predicted molar refractivity (Wildman–Crippen MR) is 89.1 cm³/mol. The molecular formula is C18H16N2O4. The van der Waals surface area contributed by atoms with Crippen molar-refractivity contribution in [1.29, 1.82) is 0 Å². The third-order valence-corrected chi connectivity index (χ3v) is 3.92. The molecule has 3 N–H and O–H groups in total. The molecule has 0 radical (unpaired) electrons. The Hall–Kier alpha value is -3.28. The molecule has 1 heterocycles. The Kier molecular flexibility index (Phi) is 3.95. The Morgan fingerprint density at radius 3 is 2.71 bits per heavy atom. The number of amides is 1. The minimum absolute atomic E-state index is 0.0164.